The molecule has 6 heteroatoms. The fourth-order valence-electron chi connectivity index (χ4n) is 2.21. The predicted octanol–water partition coefficient (Wildman–Crippen LogP) is 2.09. The van der Waals surface area contributed by atoms with Gasteiger partial charge in [-0.25, -0.2) is 4.79 Å². The smallest absolute Gasteiger partial charge is 0.324 e. The topological polar surface area (TPSA) is 53.6 Å². The van der Waals surface area contributed by atoms with Crippen LogP contribution in [0.5, 0.6) is 0 Å². The number of carbonyl (C=O) groups is 1. The van der Waals surface area contributed by atoms with E-state index in [9.17, 15) is 4.79 Å². The molecule has 5 nitrogen and oxygen atoms in total. The molecule has 118 valence electrons. The third kappa shape index (κ3) is 7.36. The third-order valence-corrected chi connectivity index (χ3v) is 4.08. The molecule has 0 aromatic carbocycles. The van der Waals surface area contributed by atoms with E-state index in [1.807, 2.05) is 6.92 Å². The molecule has 0 aliphatic carbocycles. The van der Waals surface area contributed by atoms with E-state index in [0.29, 0.717) is 18.5 Å². The summed E-state index contributed by atoms with van der Waals surface area (Å²) >= 11 is 1.47. The number of amides is 2. The second-order valence-electron chi connectivity index (χ2n) is 5.60. The average molecular weight is 303 g/mol. The van der Waals surface area contributed by atoms with E-state index in [-0.39, 0.29) is 6.03 Å². The van der Waals surface area contributed by atoms with Gasteiger partial charge in [0.25, 0.3) is 0 Å². The van der Waals surface area contributed by atoms with Gasteiger partial charge in [-0.2, -0.15) is 0 Å². The fourth-order valence-corrected chi connectivity index (χ4v) is 2.99. The lowest BCUT2D eigenvalue weighted by Gasteiger charge is -2.27. The Morgan fingerprint density at radius 1 is 1.30 bits per heavy atom. The Kier molecular flexibility index (Phi) is 9.05. The summed E-state index contributed by atoms with van der Waals surface area (Å²) in [6, 6.07) is 0.281. The Morgan fingerprint density at radius 2 is 2.00 bits per heavy atom. The summed E-state index contributed by atoms with van der Waals surface area (Å²) in [5.74, 6) is 1.44. The number of carbonyl (C=O) groups excluding carboxylic acids is 1. The summed E-state index contributed by atoms with van der Waals surface area (Å²) in [5, 5.41) is 2.73. The molecular formula is C14H29N3O2S. The molecule has 1 saturated heterocycles. The van der Waals surface area contributed by atoms with Crippen LogP contribution in [-0.4, -0.2) is 55.6 Å². The molecule has 1 rings (SSSR count). The first-order valence-electron chi connectivity index (χ1n) is 7.61. The van der Waals surface area contributed by atoms with Crippen molar-refractivity contribution in [3.05, 3.63) is 0 Å². The number of rotatable bonds is 9. The van der Waals surface area contributed by atoms with Crippen LogP contribution in [0, 0.1) is 5.92 Å². The lowest BCUT2D eigenvalue weighted by Crippen LogP contribution is -2.40. The summed E-state index contributed by atoms with van der Waals surface area (Å²) < 4.78 is 8.61. The van der Waals surface area contributed by atoms with Crippen molar-refractivity contribution in [1.82, 2.24) is 14.9 Å². The van der Waals surface area contributed by atoms with E-state index in [2.05, 4.69) is 28.8 Å². The van der Waals surface area contributed by atoms with Gasteiger partial charge in [-0.05, 0) is 50.7 Å². The summed E-state index contributed by atoms with van der Waals surface area (Å²) in [6.45, 7) is 10.7. The monoisotopic (exact) mass is 303 g/mol. The summed E-state index contributed by atoms with van der Waals surface area (Å²) in [7, 11) is 0. The minimum Gasteiger partial charge on any atom is -0.380 e. The highest BCUT2D eigenvalue weighted by molar-refractivity contribution is 7.97. The van der Waals surface area contributed by atoms with E-state index in [1.54, 1.807) is 0 Å². The lowest BCUT2D eigenvalue weighted by molar-refractivity contribution is 0.0625. The van der Waals surface area contributed by atoms with E-state index >= 15 is 0 Å². The van der Waals surface area contributed by atoms with Gasteiger partial charge in [0, 0.05) is 24.9 Å². The minimum absolute atomic E-state index is 0.110. The molecule has 0 radical (unpaired) electrons. The zero-order valence-corrected chi connectivity index (χ0v) is 13.8. The van der Waals surface area contributed by atoms with Gasteiger partial charge in [0.1, 0.15) is 0 Å². The predicted molar refractivity (Wildman–Crippen MR) is 84.9 cm³/mol. The molecule has 0 saturated carbocycles. The molecule has 1 unspecified atom stereocenters. The maximum atomic E-state index is 11.4. The molecule has 1 aliphatic heterocycles. The molecule has 2 N–H and O–H groups in total. The second kappa shape index (κ2) is 10.3. The maximum absolute atomic E-state index is 11.4. The summed E-state index contributed by atoms with van der Waals surface area (Å²) in [6.07, 6.45) is 2.55. The maximum Gasteiger partial charge on any atom is 0.324 e. The number of urea groups is 1. The van der Waals surface area contributed by atoms with E-state index in [0.717, 1.165) is 32.1 Å². The Labute approximate surface area is 127 Å². The van der Waals surface area contributed by atoms with Gasteiger partial charge in [-0.3, -0.25) is 9.62 Å². The highest BCUT2D eigenvalue weighted by atomic mass is 32.2. The van der Waals surface area contributed by atoms with E-state index < -0.39 is 0 Å². The SMILES string of the molecule is CCNC(=O)NSCC(COCC(C)C)N1CCCC1. The standard InChI is InChI=1S/C14H29N3O2S/c1-4-15-14(18)16-20-11-13(10-19-9-12(2)3)17-7-5-6-8-17/h12-13H,4-11H2,1-3H3,(H2,15,16,18). The van der Waals surface area contributed by atoms with Crippen molar-refractivity contribution in [1.29, 1.82) is 0 Å². The Balaban J connectivity index is 2.28. The highest BCUT2D eigenvalue weighted by Gasteiger charge is 2.22. The van der Waals surface area contributed by atoms with Gasteiger partial charge >= 0.3 is 6.03 Å². The van der Waals surface area contributed by atoms with Gasteiger partial charge in [-0.1, -0.05) is 13.8 Å². The van der Waals surface area contributed by atoms with Crippen LogP contribution in [-0.2, 0) is 4.74 Å². The van der Waals surface area contributed by atoms with E-state index in [1.165, 1.54) is 24.8 Å². The molecule has 0 aromatic rings. The van der Waals surface area contributed by atoms with Crippen LogP contribution in [0.25, 0.3) is 0 Å². The first-order chi connectivity index (χ1) is 9.63. The summed E-state index contributed by atoms with van der Waals surface area (Å²) in [4.78, 5) is 13.8. The number of ether oxygens (including phenoxy) is 1. The van der Waals surface area contributed by atoms with Crippen molar-refractivity contribution in [2.45, 2.75) is 39.7 Å². The third-order valence-electron chi connectivity index (χ3n) is 3.20. The van der Waals surface area contributed by atoms with Crippen molar-refractivity contribution in [3.63, 3.8) is 0 Å². The van der Waals surface area contributed by atoms with Crippen LogP contribution in [0.4, 0.5) is 4.79 Å². The van der Waals surface area contributed by atoms with Crippen LogP contribution in [0.2, 0.25) is 0 Å². The van der Waals surface area contributed by atoms with E-state index in [4.69, 9.17) is 4.74 Å². The minimum atomic E-state index is -0.110. The molecule has 0 aromatic heterocycles. The van der Waals surface area contributed by atoms with Crippen molar-refractivity contribution in [3.8, 4) is 0 Å². The van der Waals surface area contributed by atoms with Gasteiger partial charge < -0.3 is 10.1 Å². The number of likely N-dealkylation sites (tertiary alicyclic amines) is 1. The molecule has 1 heterocycles. The quantitative estimate of drug-likeness (QED) is 0.641. The first-order valence-corrected chi connectivity index (χ1v) is 8.59. The van der Waals surface area contributed by atoms with Crippen molar-refractivity contribution in [2.24, 2.45) is 5.92 Å². The van der Waals surface area contributed by atoms with Crippen LogP contribution >= 0.6 is 11.9 Å². The summed E-state index contributed by atoms with van der Waals surface area (Å²) in [5.41, 5.74) is 0. The molecule has 0 spiro atoms. The molecule has 2 amide bonds. The fraction of sp³-hybridized carbons (Fsp3) is 0.929. The zero-order valence-electron chi connectivity index (χ0n) is 13.0. The number of hydrogen-bond acceptors (Lipinski definition) is 4. The first kappa shape index (κ1) is 17.6. The largest absolute Gasteiger partial charge is 0.380 e. The second-order valence-corrected chi connectivity index (χ2v) is 6.43. The number of nitrogens with one attached hydrogen (secondary N) is 2. The van der Waals surface area contributed by atoms with Gasteiger partial charge in [0.15, 0.2) is 0 Å². The van der Waals surface area contributed by atoms with Crippen molar-refractivity contribution >= 4 is 18.0 Å². The number of hydrogen-bond donors (Lipinski definition) is 2. The lowest BCUT2D eigenvalue weighted by atomic mass is 10.2. The Bertz CT molecular complexity index is 271. The van der Waals surface area contributed by atoms with Gasteiger partial charge in [0.05, 0.1) is 6.61 Å². The van der Waals surface area contributed by atoms with Crippen LogP contribution in [0.1, 0.15) is 33.6 Å². The molecular weight excluding hydrogens is 274 g/mol. The zero-order chi connectivity index (χ0) is 14.8. The highest BCUT2D eigenvalue weighted by Crippen LogP contribution is 2.15. The molecule has 1 aliphatic rings. The molecule has 1 atom stereocenters. The van der Waals surface area contributed by atoms with Crippen molar-refractivity contribution < 1.29 is 9.53 Å². The molecule has 1 fully saturated rings. The molecule has 0 bridgehead atoms. The van der Waals surface area contributed by atoms with Gasteiger partial charge in [-0.15, -0.1) is 0 Å². The molecule has 20 heavy (non-hydrogen) atoms. The number of nitrogens with zero attached hydrogens (tertiary/aromatic N) is 1. The van der Waals surface area contributed by atoms with Crippen LogP contribution in [0.3, 0.4) is 0 Å². The van der Waals surface area contributed by atoms with Gasteiger partial charge in [0.2, 0.25) is 0 Å². The average Bonchev–Trinajstić information content (AvgIpc) is 2.90. The van der Waals surface area contributed by atoms with Crippen molar-refractivity contribution in [2.75, 3.05) is 38.6 Å². The Hall–Kier alpha value is -0.460. The van der Waals surface area contributed by atoms with Crippen LogP contribution in [0.15, 0.2) is 0 Å². The Morgan fingerprint density at radius 3 is 2.60 bits per heavy atom. The van der Waals surface area contributed by atoms with Crippen LogP contribution < -0.4 is 10.0 Å². The normalized spacial score (nSPS) is 17.4.